The highest BCUT2D eigenvalue weighted by Gasteiger charge is 2.30. The zero-order valence-electron chi connectivity index (χ0n) is 17.4. The number of aromatic nitrogens is 4. The third kappa shape index (κ3) is 4.49. The Hall–Kier alpha value is -2.84. The van der Waals surface area contributed by atoms with Crippen LogP contribution >= 0.6 is 0 Å². The van der Waals surface area contributed by atoms with Gasteiger partial charge in [-0.2, -0.15) is 0 Å². The molecule has 1 aliphatic heterocycles. The van der Waals surface area contributed by atoms with Gasteiger partial charge in [0.15, 0.2) is 5.82 Å². The highest BCUT2D eigenvalue weighted by Crippen LogP contribution is 2.29. The predicted molar refractivity (Wildman–Crippen MR) is 113 cm³/mol. The fourth-order valence-electron chi connectivity index (χ4n) is 3.91. The lowest BCUT2D eigenvalue weighted by Crippen LogP contribution is -2.48. The summed E-state index contributed by atoms with van der Waals surface area (Å²) < 4.78 is 20.3. The molecule has 7 nitrogen and oxygen atoms in total. The van der Waals surface area contributed by atoms with Gasteiger partial charge in [-0.1, -0.05) is 29.8 Å². The highest BCUT2D eigenvalue weighted by atomic mass is 19.1. The van der Waals surface area contributed by atoms with Crippen molar-refractivity contribution < 1.29 is 9.13 Å². The number of rotatable bonds is 7. The summed E-state index contributed by atoms with van der Waals surface area (Å²) in [7, 11) is 1.68. The summed E-state index contributed by atoms with van der Waals surface area (Å²) in [4.78, 5) is 4.70. The maximum atomic E-state index is 13.3. The molecule has 1 fully saturated rings. The Morgan fingerprint density at radius 2 is 1.70 bits per heavy atom. The van der Waals surface area contributed by atoms with Crippen LogP contribution in [0.1, 0.15) is 23.0 Å². The lowest BCUT2D eigenvalue weighted by molar-refractivity contribution is 0.172. The van der Waals surface area contributed by atoms with Gasteiger partial charge in [-0.15, -0.1) is 5.10 Å². The largest absolute Gasteiger partial charge is 0.383 e. The molecule has 1 unspecified atom stereocenters. The van der Waals surface area contributed by atoms with Crippen molar-refractivity contribution in [3.05, 3.63) is 71.3 Å². The summed E-state index contributed by atoms with van der Waals surface area (Å²) in [6, 6.07) is 15.2. The monoisotopic (exact) mass is 410 g/mol. The standard InChI is InChI=1S/C22H27FN6O/c1-17-3-5-18(6-4-17)21(22-24-25-26-29(22)15-16-30-2)28-13-11-27(12-14-28)20-9-7-19(23)8-10-20/h3-10,21H,11-16H2,1-2H3. The number of halogens is 1. The van der Waals surface area contributed by atoms with Crippen molar-refractivity contribution in [2.24, 2.45) is 0 Å². The zero-order chi connectivity index (χ0) is 20.9. The number of tetrazole rings is 1. The molecule has 2 aromatic carbocycles. The average Bonchev–Trinajstić information content (AvgIpc) is 3.23. The number of benzene rings is 2. The van der Waals surface area contributed by atoms with E-state index in [4.69, 9.17) is 4.74 Å². The van der Waals surface area contributed by atoms with Gasteiger partial charge in [0.1, 0.15) is 5.82 Å². The van der Waals surface area contributed by atoms with E-state index in [2.05, 4.69) is 56.5 Å². The summed E-state index contributed by atoms with van der Waals surface area (Å²) in [6.45, 7) is 6.66. The molecule has 0 aliphatic carbocycles. The molecular formula is C22H27FN6O. The average molecular weight is 410 g/mol. The number of hydrogen-bond acceptors (Lipinski definition) is 6. The fraction of sp³-hybridized carbons (Fsp3) is 0.409. The molecule has 4 rings (SSSR count). The summed E-state index contributed by atoms with van der Waals surface area (Å²) in [5.41, 5.74) is 3.44. The number of methoxy groups -OCH3 is 1. The maximum Gasteiger partial charge on any atom is 0.173 e. The minimum Gasteiger partial charge on any atom is -0.383 e. The Labute approximate surface area is 176 Å². The van der Waals surface area contributed by atoms with Gasteiger partial charge in [-0.25, -0.2) is 9.07 Å². The minimum atomic E-state index is -0.209. The first kappa shape index (κ1) is 20.4. The molecule has 30 heavy (non-hydrogen) atoms. The molecule has 0 N–H and O–H groups in total. The molecule has 158 valence electrons. The molecule has 1 aliphatic rings. The van der Waals surface area contributed by atoms with Gasteiger partial charge in [0.05, 0.1) is 19.2 Å². The molecule has 0 bridgehead atoms. The molecule has 1 atom stereocenters. The van der Waals surface area contributed by atoms with E-state index in [0.717, 1.165) is 37.7 Å². The number of aryl methyl sites for hydroxylation is 1. The smallest absolute Gasteiger partial charge is 0.173 e. The first-order chi connectivity index (χ1) is 14.7. The Morgan fingerprint density at radius 1 is 1.00 bits per heavy atom. The van der Waals surface area contributed by atoms with Gasteiger partial charge in [0, 0.05) is 39.0 Å². The van der Waals surface area contributed by atoms with E-state index in [0.29, 0.717) is 13.2 Å². The lowest BCUT2D eigenvalue weighted by Gasteiger charge is -2.40. The van der Waals surface area contributed by atoms with E-state index in [1.807, 2.05) is 16.8 Å². The van der Waals surface area contributed by atoms with Crippen LogP contribution in [0.5, 0.6) is 0 Å². The number of nitrogens with zero attached hydrogens (tertiary/aromatic N) is 6. The Kier molecular flexibility index (Phi) is 6.35. The van der Waals surface area contributed by atoms with E-state index in [1.54, 1.807) is 7.11 Å². The van der Waals surface area contributed by atoms with E-state index in [1.165, 1.54) is 23.3 Å². The van der Waals surface area contributed by atoms with Crippen molar-refractivity contribution in [1.29, 1.82) is 0 Å². The Morgan fingerprint density at radius 3 is 2.37 bits per heavy atom. The second-order valence-electron chi connectivity index (χ2n) is 7.57. The minimum absolute atomic E-state index is 0.0344. The van der Waals surface area contributed by atoms with Gasteiger partial charge >= 0.3 is 0 Å². The third-order valence-electron chi connectivity index (χ3n) is 5.58. The molecule has 0 radical (unpaired) electrons. The van der Waals surface area contributed by atoms with Crippen LogP contribution in [-0.4, -0.2) is 65.0 Å². The molecule has 0 amide bonds. The second kappa shape index (κ2) is 9.32. The number of hydrogen-bond donors (Lipinski definition) is 0. The third-order valence-corrected chi connectivity index (χ3v) is 5.58. The van der Waals surface area contributed by atoms with E-state index in [-0.39, 0.29) is 11.9 Å². The summed E-state index contributed by atoms with van der Waals surface area (Å²) in [6.07, 6.45) is 0. The summed E-state index contributed by atoms with van der Waals surface area (Å²) in [5.74, 6) is 0.617. The van der Waals surface area contributed by atoms with Crippen LogP contribution in [0.2, 0.25) is 0 Å². The maximum absolute atomic E-state index is 13.3. The van der Waals surface area contributed by atoms with Gasteiger partial charge in [-0.3, -0.25) is 4.90 Å². The molecule has 2 heterocycles. The predicted octanol–water partition coefficient (Wildman–Crippen LogP) is 2.68. The summed E-state index contributed by atoms with van der Waals surface area (Å²) >= 11 is 0. The molecule has 0 spiro atoms. The van der Waals surface area contributed by atoms with Crippen LogP contribution in [0.15, 0.2) is 48.5 Å². The Balaban J connectivity index is 1.57. The van der Waals surface area contributed by atoms with Crippen LogP contribution in [0.3, 0.4) is 0 Å². The van der Waals surface area contributed by atoms with Crippen LogP contribution in [-0.2, 0) is 11.3 Å². The Bertz CT molecular complexity index is 935. The van der Waals surface area contributed by atoms with E-state index >= 15 is 0 Å². The van der Waals surface area contributed by atoms with Gasteiger partial charge < -0.3 is 9.64 Å². The zero-order valence-corrected chi connectivity index (χ0v) is 17.4. The van der Waals surface area contributed by atoms with Crippen molar-refractivity contribution in [1.82, 2.24) is 25.1 Å². The SMILES string of the molecule is COCCn1nnnc1C(c1ccc(C)cc1)N1CCN(c2ccc(F)cc2)CC1. The number of ether oxygens (including phenoxy) is 1. The molecule has 1 saturated heterocycles. The molecule has 8 heteroatoms. The van der Waals surface area contributed by atoms with Crippen molar-refractivity contribution in [3.8, 4) is 0 Å². The molecule has 0 saturated carbocycles. The van der Waals surface area contributed by atoms with Crippen molar-refractivity contribution >= 4 is 5.69 Å². The first-order valence-electron chi connectivity index (χ1n) is 10.2. The van der Waals surface area contributed by atoms with Crippen molar-refractivity contribution in [2.45, 2.75) is 19.5 Å². The second-order valence-corrected chi connectivity index (χ2v) is 7.57. The van der Waals surface area contributed by atoms with Crippen molar-refractivity contribution in [3.63, 3.8) is 0 Å². The lowest BCUT2D eigenvalue weighted by atomic mass is 10.0. The molecule has 1 aromatic heterocycles. The van der Waals surface area contributed by atoms with Crippen LogP contribution < -0.4 is 4.90 Å². The van der Waals surface area contributed by atoms with Crippen LogP contribution in [0.25, 0.3) is 0 Å². The van der Waals surface area contributed by atoms with Gasteiger partial charge in [0.2, 0.25) is 0 Å². The van der Waals surface area contributed by atoms with Gasteiger partial charge in [-0.05, 0) is 47.2 Å². The fourth-order valence-corrected chi connectivity index (χ4v) is 3.91. The van der Waals surface area contributed by atoms with E-state index < -0.39 is 0 Å². The highest BCUT2D eigenvalue weighted by molar-refractivity contribution is 5.46. The number of piperazine rings is 1. The van der Waals surface area contributed by atoms with Gasteiger partial charge in [0.25, 0.3) is 0 Å². The topological polar surface area (TPSA) is 59.3 Å². The quantitative estimate of drug-likeness (QED) is 0.597. The van der Waals surface area contributed by atoms with Crippen molar-refractivity contribution in [2.75, 3.05) is 44.8 Å². The number of anilines is 1. The van der Waals surface area contributed by atoms with Crippen LogP contribution in [0, 0.1) is 12.7 Å². The molecule has 3 aromatic rings. The van der Waals surface area contributed by atoms with Crippen LogP contribution in [0.4, 0.5) is 10.1 Å². The first-order valence-corrected chi connectivity index (χ1v) is 10.2. The van der Waals surface area contributed by atoms with E-state index in [9.17, 15) is 4.39 Å². The summed E-state index contributed by atoms with van der Waals surface area (Å²) in [5, 5.41) is 12.5. The normalized spacial score (nSPS) is 16.0. The molecular weight excluding hydrogens is 383 g/mol.